The first-order valence-electron chi connectivity index (χ1n) is 6.73. The van der Waals surface area contributed by atoms with Crippen LogP contribution in [0.25, 0.3) is 0 Å². The number of pyridine rings is 1. The van der Waals surface area contributed by atoms with E-state index in [4.69, 9.17) is 23.2 Å². The first-order valence-corrected chi connectivity index (χ1v) is 7.49. The van der Waals surface area contributed by atoms with E-state index in [1.165, 1.54) is 0 Å². The molecule has 1 amide bonds. The van der Waals surface area contributed by atoms with Crippen LogP contribution in [0.2, 0.25) is 10.0 Å². The minimum absolute atomic E-state index is 0.0947. The number of nitrogens with one attached hydrogen (secondary N) is 3. The molecule has 2 heterocycles. The minimum atomic E-state index is 0.0947. The fraction of sp³-hybridized carbons (Fsp3) is 0.538. The molecule has 3 N–H and O–H groups in total. The zero-order valence-corrected chi connectivity index (χ0v) is 12.8. The molecule has 1 aliphatic rings. The summed E-state index contributed by atoms with van der Waals surface area (Å²) < 4.78 is 0. The number of aromatic nitrogens is 1. The van der Waals surface area contributed by atoms with Gasteiger partial charge in [-0.1, -0.05) is 30.1 Å². The SMILES string of the molecule is CCCNc1nc(NCC2CCC(=O)N2)c(Cl)cc1Cl. The number of nitrogens with zero attached hydrogens (tertiary/aromatic N) is 1. The molecule has 1 unspecified atom stereocenters. The van der Waals surface area contributed by atoms with Crippen LogP contribution >= 0.6 is 23.2 Å². The maximum absolute atomic E-state index is 11.1. The zero-order chi connectivity index (χ0) is 14.5. The van der Waals surface area contributed by atoms with E-state index in [-0.39, 0.29) is 11.9 Å². The fourth-order valence-electron chi connectivity index (χ4n) is 2.01. The Hall–Kier alpha value is -1.20. The summed E-state index contributed by atoms with van der Waals surface area (Å²) in [5.41, 5.74) is 0. The molecule has 0 radical (unpaired) electrons. The molecule has 1 aliphatic heterocycles. The van der Waals surface area contributed by atoms with Gasteiger partial charge in [-0.15, -0.1) is 0 Å². The Balaban J connectivity index is 2.00. The van der Waals surface area contributed by atoms with E-state index in [1.54, 1.807) is 6.07 Å². The molecule has 5 nitrogen and oxygen atoms in total. The Morgan fingerprint density at radius 2 is 2.05 bits per heavy atom. The molecular formula is C13H18Cl2N4O. The van der Waals surface area contributed by atoms with Crippen molar-refractivity contribution < 1.29 is 4.79 Å². The lowest BCUT2D eigenvalue weighted by atomic mass is 10.2. The van der Waals surface area contributed by atoms with Gasteiger partial charge in [0.1, 0.15) is 11.6 Å². The Morgan fingerprint density at radius 1 is 1.35 bits per heavy atom. The van der Waals surface area contributed by atoms with Crippen molar-refractivity contribution in [2.75, 3.05) is 23.7 Å². The van der Waals surface area contributed by atoms with Crippen molar-refractivity contribution in [3.05, 3.63) is 16.1 Å². The lowest BCUT2D eigenvalue weighted by Gasteiger charge is -2.15. The summed E-state index contributed by atoms with van der Waals surface area (Å²) >= 11 is 12.2. The highest BCUT2D eigenvalue weighted by molar-refractivity contribution is 6.37. The number of amides is 1. The predicted octanol–water partition coefficient (Wildman–Crippen LogP) is 2.90. The van der Waals surface area contributed by atoms with Crippen molar-refractivity contribution in [2.45, 2.75) is 32.2 Å². The van der Waals surface area contributed by atoms with Crippen LogP contribution in [0.5, 0.6) is 0 Å². The number of carbonyl (C=O) groups is 1. The maximum Gasteiger partial charge on any atom is 0.220 e. The van der Waals surface area contributed by atoms with Crippen LogP contribution in [0, 0.1) is 0 Å². The largest absolute Gasteiger partial charge is 0.369 e. The molecule has 1 aromatic rings. The third-order valence-electron chi connectivity index (χ3n) is 3.07. The molecule has 0 bridgehead atoms. The van der Waals surface area contributed by atoms with E-state index in [9.17, 15) is 4.79 Å². The number of hydrogen-bond acceptors (Lipinski definition) is 4. The summed E-state index contributed by atoms with van der Waals surface area (Å²) in [5.74, 6) is 1.30. The molecule has 0 aromatic carbocycles. The Labute approximate surface area is 128 Å². The number of rotatable bonds is 6. The average molecular weight is 317 g/mol. The fourth-order valence-corrected chi connectivity index (χ4v) is 2.50. The molecule has 1 aromatic heterocycles. The summed E-state index contributed by atoms with van der Waals surface area (Å²) in [6, 6.07) is 1.80. The normalized spacial score (nSPS) is 17.9. The van der Waals surface area contributed by atoms with Gasteiger partial charge in [-0.3, -0.25) is 4.79 Å². The first kappa shape index (κ1) is 15.2. The maximum atomic E-state index is 11.1. The molecule has 2 rings (SSSR count). The molecule has 1 atom stereocenters. The van der Waals surface area contributed by atoms with Crippen molar-refractivity contribution in [3.63, 3.8) is 0 Å². The highest BCUT2D eigenvalue weighted by atomic mass is 35.5. The number of halogens is 2. The topological polar surface area (TPSA) is 66.0 Å². The van der Waals surface area contributed by atoms with Crippen LogP contribution in [0.3, 0.4) is 0 Å². The van der Waals surface area contributed by atoms with E-state index in [1.807, 2.05) is 0 Å². The van der Waals surface area contributed by atoms with Crippen molar-refractivity contribution in [1.82, 2.24) is 10.3 Å². The summed E-state index contributed by atoms with van der Waals surface area (Å²) in [5, 5.41) is 10.2. The third kappa shape index (κ3) is 3.90. The summed E-state index contributed by atoms with van der Waals surface area (Å²) in [4.78, 5) is 15.5. The lowest BCUT2D eigenvalue weighted by molar-refractivity contribution is -0.119. The second-order valence-corrected chi connectivity index (χ2v) is 5.57. The van der Waals surface area contributed by atoms with Gasteiger partial charge in [0.15, 0.2) is 0 Å². The molecular weight excluding hydrogens is 299 g/mol. The smallest absolute Gasteiger partial charge is 0.220 e. The van der Waals surface area contributed by atoms with E-state index >= 15 is 0 Å². The Kier molecular flexibility index (Phi) is 5.31. The highest BCUT2D eigenvalue weighted by Crippen LogP contribution is 2.29. The van der Waals surface area contributed by atoms with E-state index in [0.29, 0.717) is 34.6 Å². The van der Waals surface area contributed by atoms with Crippen LogP contribution in [0.4, 0.5) is 11.6 Å². The van der Waals surface area contributed by atoms with Crippen LogP contribution in [-0.4, -0.2) is 30.0 Å². The van der Waals surface area contributed by atoms with Gasteiger partial charge < -0.3 is 16.0 Å². The van der Waals surface area contributed by atoms with E-state index < -0.39 is 0 Å². The summed E-state index contributed by atoms with van der Waals surface area (Å²) in [7, 11) is 0. The van der Waals surface area contributed by atoms with Gasteiger partial charge in [0.25, 0.3) is 0 Å². The quantitative estimate of drug-likeness (QED) is 0.755. The van der Waals surface area contributed by atoms with Crippen LogP contribution in [0.15, 0.2) is 6.07 Å². The second kappa shape index (κ2) is 6.99. The molecule has 1 saturated heterocycles. The van der Waals surface area contributed by atoms with Crippen molar-refractivity contribution in [1.29, 1.82) is 0 Å². The number of anilines is 2. The van der Waals surface area contributed by atoms with Gasteiger partial charge in [0, 0.05) is 25.6 Å². The van der Waals surface area contributed by atoms with Crippen LogP contribution < -0.4 is 16.0 Å². The molecule has 1 fully saturated rings. The van der Waals surface area contributed by atoms with Crippen LogP contribution in [0.1, 0.15) is 26.2 Å². The highest BCUT2D eigenvalue weighted by Gasteiger charge is 2.20. The average Bonchev–Trinajstić information content (AvgIpc) is 2.82. The van der Waals surface area contributed by atoms with Crippen molar-refractivity contribution >= 4 is 40.7 Å². The Bertz CT molecular complexity index is 496. The predicted molar refractivity (Wildman–Crippen MR) is 82.7 cm³/mol. The van der Waals surface area contributed by atoms with Crippen LogP contribution in [-0.2, 0) is 4.79 Å². The van der Waals surface area contributed by atoms with Gasteiger partial charge in [0.2, 0.25) is 5.91 Å². The summed E-state index contributed by atoms with van der Waals surface area (Å²) in [6.45, 7) is 3.47. The van der Waals surface area contributed by atoms with Crippen molar-refractivity contribution in [3.8, 4) is 0 Å². The minimum Gasteiger partial charge on any atom is -0.369 e. The van der Waals surface area contributed by atoms with Gasteiger partial charge in [-0.2, -0.15) is 0 Å². The standard InChI is InChI=1S/C13H18Cl2N4O/c1-2-5-16-12-9(14)6-10(15)13(19-12)17-7-8-3-4-11(20)18-8/h6,8H,2-5,7H2,1H3,(H,18,20)(H2,16,17,19). The first-order chi connectivity index (χ1) is 9.60. The Morgan fingerprint density at radius 3 is 2.65 bits per heavy atom. The third-order valence-corrected chi connectivity index (χ3v) is 3.65. The molecule has 110 valence electrons. The monoisotopic (exact) mass is 316 g/mol. The molecule has 7 heteroatoms. The van der Waals surface area contributed by atoms with E-state index in [2.05, 4.69) is 27.9 Å². The number of carbonyl (C=O) groups excluding carboxylic acids is 1. The number of hydrogen-bond donors (Lipinski definition) is 3. The molecule has 0 saturated carbocycles. The second-order valence-electron chi connectivity index (χ2n) is 4.76. The van der Waals surface area contributed by atoms with Gasteiger partial charge >= 0.3 is 0 Å². The van der Waals surface area contributed by atoms with Gasteiger partial charge in [0.05, 0.1) is 10.0 Å². The lowest BCUT2D eigenvalue weighted by Crippen LogP contribution is -2.32. The van der Waals surface area contributed by atoms with Gasteiger partial charge in [-0.05, 0) is 18.9 Å². The zero-order valence-electron chi connectivity index (χ0n) is 11.3. The van der Waals surface area contributed by atoms with Gasteiger partial charge in [-0.25, -0.2) is 4.98 Å². The molecule has 0 aliphatic carbocycles. The van der Waals surface area contributed by atoms with E-state index in [0.717, 1.165) is 19.4 Å². The molecule has 0 spiro atoms. The summed E-state index contributed by atoms with van der Waals surface area (Å²) in [6.07, 6.45) is 2.40. The van der Waals surface area contributed by atoms with Crippen molar-refractivity contribution in [2.24, 2.45) is 0 Å². The molecule has 20 heavy (non-hydrogen) atoms.